The van der Waals surface area contributed by atoms with Crippen LogP contribution in [0.2, 0.25) is 0 Å². The van der Waals surface area contributed by atoms with E-state index < -0.39 is 165 Å². The fourth-order valence-electron chi connectivity index (χ4n) is 18.7. The number of cyclic esters (lactones) is 2. The molecule has 45 heteroatoms. The van der Waals surface area contributed by atoms with Gasteiger partial charge in [0.15, 0.2) is 23.3 Å². The van der Waals surface area contributed by atoms with Gasteiger partial charge in [-0.1, -0.05) is 115 Å². The third-order valence-corrected chi connectivity index (χ3v) is 26.0. The smallest absolute Gasteiger partial charge is 0.428 e. The van der Waals surface area contributed by atoms with Crippen LogP contribution in [0, 0.1) is 46.7 Å². The lowest BCUT2D eigenvalue weighted by Gasteiger charge is -2.39. The van der Waals surface area contributed by atoms with Gasteiger partial charge < -0.3 is 55.7 Å². The van der Waals surface area contributed by atoms with E-state index in [2.05, 4.69) is 81.7 Å². The molecule has 0 radical (unpaired) electrons. The number of anilines is 2. The van der Waals surface area contributed by atoms with Crippen molar-refractivity contribution in [3.63, 3.8) is 0 Å². The molecule has 146 heavy (non-hydrogen) atoms. The molecule has 0 spiro atoms. The summed E-state index contributed by atoms with van der Waals surface area (Å²) in [4.78, 5) is 217. The van der Waals surface area contributed by atoms with Gasteiger partial charge in [0.25, 0.3) is 35.4 Å². The second kappa shape index (κ2) is 59.0. The highest BCUT2D eigenvalue weighted by Gasteiger charge is 2.50. The molecule has 5 unspecified atom stereocenters. The molecule has 4 aliphatic carbocycles. The largest absolute Gasteiger partial charge is 0.519 e. The van der Waals surface area contributed by atoms with E-state index in [1.165, 1.54) is 76.3 Å². The number of hydrogen-bond donors (Lipinski definition) is 9. The minimum Gasteiger partial charge on any atom is -0.428 e. The van der Waals surface area contributed by atoms with E-state index in [4.69, 9.17) is 15.2 Å². The first kappa shape index (κ1) is 133. The highest BCUT2D eigenvalue weighted by Crippen LogP contribution is 2.40. The number of carbonyl (C=O) groups is 18. The quantitative estimate of drug-likeness (QED) is 0.0197. The molecule has 16 rings (SSSR count). The van der Waals surface area contributed by atoms with Crippen LogP contribution in [-0.2, 0) is 57.3 Å². The van der Waals surface area contributed by atoms with Gasteiger partial charge in [0, 0.05) is 76.0 Å². The molecule has 10 N–H and O–H groups in total. The lowest BCUT2D eigenvalue weighted by Crippen LogP contribution is -2.54. The summed E-state index contributed by atoms with van der Waals surface area (Å²) in [6.07, 6.45) is 20.8. The van der Waals surface area contributed by atoms with Gasteiger partial charge in [-0.3, -0.25) is 103 Å². The maximum absolute atomic E-state index is 15.0. The fraction of sp³-hybridized carbons (Fsp3) is 0.584. The molecule has 8 heterocycles. The van der Waals surface area contributed by atoms with Gasteiger partial charge in [-0.15, -0.1) is 37.2 Å². The molecule has 12 atom stereocenters. The summed E-state index contributed by atoms with van der Waals surface area (Å²) in [5.74, 6) is -14.9. The molecule has 14 amide bonds. The number of esters is 2. The Morgan fingerprint density at radius 2 is 0.623 bits per heavy atom. The van der Waals surface area contributed by atoms with Crippen LogP contribution >= 0.6 is 37.2 Å². The third kappa shape index (κ3) is 33.3. The zero-order chi connectivity index (χ0) is 102. The number of halogens is 9. The number of hydrogen-bond acceptors (Lipinski definition) is 29. The Labute approximate surface area is 868 Å². The Bertz CT molecular complexity index is 5060. The molecule has 4 saturated heterocycles. The Balaban J connectivity index is 0.000000860. The number of piperidine rings is 4. The standard InChI is InChI=1S/C22H26FN3O4.C21H25FN4O4.C13H8F2N2O4.C10H18O5.C9H19N.C8H2F2O3.C8H18N2.C5H8N2O2.5CH4.3ClH/c1-3-12-6-4-5-7-16(12)25(2)18-11-14-13(10-15(18)23)21(29)26(22(14)30)17-8-9-19(27)24-20(17)28;1-23-14-5-3-4-6-15(14)25(2)17-10-12-11(9-13(17)22)20(29)26(21(12)30)16-7-8-18(27)24-19(16)28;14-7-3-5-6(4-8(7)15)13(21)17(12(5)20)9-1-2-10(18)16-11(9)19;1-9(2,3)14-7(11)13-8(12)15-10(4,5)6;1-3-8-6-4-5-7-9(8)10-2;9-5-1-3-4(2-6(5)10)8(12)13-7(3)11;1-9-7-5-3-4-6-8(7)10-2;6-3-1-2-4(8)7-5(3)9;;;;;;;;/h10-12,16-17H,3-9H2,1-2H3,(H,24,27,28);9-10,14-16,23H,3-8H2,1-2H3,(H,24,27,28);3-4,9H,1-2H2,(H,16,18,19);1-6H3;8-10H,3-7H2,1-2H3;1-2H;7-10H,3-6H2,1-2H3;3H,1-2,6H2,(H,7,8,9);5*1H4;3*1H/t12-,16-,17?;14-,15-,16?;;;8?,9-;;7-,8-;;;;;;;;;/m00..0.0........./s1. The molecular formula is C101H147Cl3F6N14O22. The molecule has 816 valence electrons. The van der Waals surface area contributed by atoms with Crippen LogP contribution in [0.3, 0.4) is 0 Å². The van der Waals surface area contributed by atoms with Crippen LogP contribution < -0.4 is 58.1 Å². The lowest BCUT2D eigenvalue weighted by atomic mass is 9.82. The molecule has 4 aromatic rings. The van der Waals surface area contributed by atoms with Crippen LogP contribution in [0.25, 0.3) is 0 Å². The van der Waals surface area contributed by atoms with Crippen molar-refractivity contribution in [2.24, 2.45) is 17.6 Å². The number of nitrogens with one attached hydrogen (secondary N) is 8. The van der Waals surface area contributed by atoms with Gasteiger partial charge in [-0.2, -0.15) is 0 Å². The van der Waals surface area contributed by atoms with Crippen molar-refractivity contribution >= 4 is 156 Å². The Hall–Kier alpha value is -11.4. The molecule has 0 aromatic heterocycles. The number of benzene rings is 4. The summed E-state index contributed by atoms with van der Waals surface area (Å²) < 4.78 is 99.5. The molecule has 8 aliphatic heterocycles. The van der Waals surface area contributed by atoms with E-state index in [9.17, 15) is 104 Å². The van der Waals surface area contributed by atoms with Gasteiger partial charge >= 0.3 is 24.2 Å². The topological polar surface area (TPSA) is 483 Å². The van der Waals surface area contributed by atoms with E-state index in [-0.39, 0.29) is 193 Å². The lowest BCUT2D eigenvalue weighted by molar-refractivity contribution is -0.137. The summed E-state index contributed by atoms with van der Waals surface area (Å²) in [5.41, 5.74) is 3.51. The van der Waals surface area contributed by atoms with Gasteiger partial charge in [0.2, 0.25) is 47.3 Å². The van der Waals surface area contributed by atoms with E-state index in [0.29, 0.717) is 65.7 Å². The molecular weight excluding hydrogens is 1980 g/mol. The molecule has 8 fully saturated rings. The van der Waals surface area contributed by atoms with Crippen molar-refractivity contribution in [3.8, 4) is 0 Å². The molecule has 4 aromatic carbocycles. The molecule has 36 nitrogen and oxygen atoms in total. The SMILES string of the molecule is C.C.C.C.C.CC(C)(C)OC(=O)OC(=O)OC(C)(C)C.CCC1CCCC[C@@H]1NC.CC[C@H]1CCCC[C@@H]1N(C)c1cc2c(cc1F)C(=O)N(C1CCC(=O)NC1=O)C2=O.CN[C@H]1CCCC[C@@H]1N(C)c1cc2c(cc1F)C(=O)N(C1CCC(=O)NC1=O)C2=O.CN[C@H]1CCCC[C@@H]1NC.Cl.Cl.Cl.NC1CCC(=O)NC1=O.O=C1CCC(N2C(=O)c3cc(F)c(F)cc3C2=O)C(=O)N1.O=C1OC(=O)c2cc(F)c(F)cc21. The first-order chi connectivity index (χ1) is 65.1. The van der Waals surface area contributed by atoms with Crippen LogP contribution in [0.4, 0.5) is 47.3 Å². The Kier molecular flexibility index (Phi) is 53.5. The summed E-state index contributed by atoms with van der Waals surface area (Å²) >= 11 is 0. The van der Waals surface area contributed by atoms with Crippen molar-refractivity contribution < 1.29 is 132 Å². The van der Waals surface area contributed by atoms with Crippen molar-refractivity contribution in [2.75, 3.05) is 52.1 Å². The number of ether oxygens (including phenoxy) is 4. The van der Waals surface area contributed by atoms with E-state index >= 15 is 8.78 Å². The minimum absolute atomic E-state index is 0. The van der Waals surface area contributed by atoms with Gasteiger partial charge in [-0.05, 0) is 207 Å². The van der Waals surface area contributed by atoms with E-state index in [1.807, 2.05) is 29.2 Å². The van der Waals surface area contributed by atoms with Gasteiger partial charge in [-0.25, -0.2) is 45.5 Å². The van der Waals surface area contributed by atoms with Crippen molar-refractivity contribution in [1.82, 2.24) is 57.2 Å². The highest BCUT2D eigenvalue weighted by atomic mass is 35.5. The number of amides is 14. The Morgan fingerprint density at radius 1 is 0.363 bits per heavy atom. The number of fused-ring (bicyclic) bond motifs is 4. The third-order valence-electron chi connectivity index (χ3n) is 26.0. The highest BCUT2D eigenvalue weighted by molar-refractivity contribution is 6.26. The van der Waals surface area contributed by atoms with Crippen LogP contribution in [0.5, 0.6) is 0 Å². The van der Waals surface area contributed by atoms with Crippen LogP contribution in [0.15, 0.2) is 48.5 Å². The number of imide groups is 7. The van der Waals surface area contributed by atoms with Gasteiger partial charge in [0.05, 0.1) is 61.9 Å². The first-order valence-corrected chi connectivity index (χ1v) is 46.6. The second-order valence-corrected chi connectivity index (χ2v) is 37.3. The average Bonchev–Trinajstić information content (AvgIpc) is 1.60. The fourth-order valence-corrected chi connectivity index (χ4v) is 18.7. The normalized spacial score (nSPS) is 23.0. The summed E-state index contributed by atoms with van der Waals surface area (Å²) in [6, 6.07) is 6.55. The van der Waals surface area contributed by atoms with Gasteiger partial charge in [0.1, 0.15) is 41.0 Å². The zero-order valence-corrected chi connectivity index (χ0v) is 83.7. The number of nitrogens with two attached hydrogens (primary N) is 1. The Morgan fingerprint density at radius 3 is 0.918 bits per heavy atom. The minimum atomic E-state index is -1.25. The first-order valence-electron chi connectivity index (χ1n) is 46.6. The summed E-state index contributed by atoms with van der Waals surface area (Å²) in [6.45, 7) is 14.5. The molecule has 4 saturated carbocycles. The maximum atomic E-state index is 15.0. The monoisotopic (exact) mass is 2130 g/mol. The molecule has 0 bridgehead atoms. The number of rotatable bonds is 13. The number of carbonyl (C=O) groups excluding carboxylic acids is 18. The van der Waals surface area contributed by atoms with Crippen LogP contribution in [-0.4, -0.2) is 236 Å². The van der Waals surface area contributed by atoms with Crippen molar-refractivity contribution in [1.29, 1.82) is 0 Å². The predicted molar refractivity (Wildman–Crippen MR) is 542 cm³/mol. The maximum Gasteiger partial charge on any atom is 0.519 e. The van der Waals surface area contributed by atoms with E-state index in [1.54, 1.807) is 48.6 Å². The molecule has 12 aliphatic rings. The van der Waals surface area contributed by atoms with Crippen LogP contribution in [0.1, 0.15) is 342 Å². The average molecular weight is 2130 g/mol. The van der Waals surface area contributed by atoms with E-state index in [0.717, 1.165) is 85.3 Å². The zero-order valence-electron chi connectivity index (χ0n) is 81.2. The summed E-state index contributed by atoms with van der Waals surface area (Å²) in [5, 5.41) is 21.8. The van der Waals surface area contributed by atoms with Crippen molar-refractivity contribution in [2.45, 2.75) is 331 Å². The van der Waals surface area contributed by atoms with Crippen molar-refractivity contribution in [3.05, 3.63) is 128 Å². The number of nitrogens with zero attached hydrogens (tertiary/aromatic N) is 5. The number of likely N-dealkylation sites (N-methyl/N-ethyl adjacent to an activating group) is 4. The predicted octanol–water partition coefficient (Wildman–Crippen LogP) is 14.4. The summed E-state index contributed by atoms with van der Waals surface area (Å²) in [7, 11) is 11.7. The second-order valence-electron chi connectivity index (χ2n) is 37.3.